The van der Waals surface area contributed by atoms with Crippen molar-refractivity contribution in [3.8, 4) is 5.82 Å². The minimum atomic E-state index is -4.02. The van der Waals surface area contributed by atoms with Crippen molar-refractivity contribution in [2.45, 2.75) is 20.3 Å². The third kappa shape index (κ3) is 4.15. The van der Waals surface area contributed by atoms with Crippen LogP contribution in [0.4, 0.5) is 4.79 Å². The third-order valence-electron chi connectivity index (χ3n) is 4.32. The summed E-state index contributed by atoms with van der Waals surface area (Å²) in [6, 6.07) is 7.50. The number of hydrogen-bond donors (Lipinski definition) is 1. The van der Waals surface area contributed by atoms with E-state index in [9.17, 15) is 13.2 Å². The highest BCUT2D eigenvalue weighted by Gasteiger charge is 2.22. The minimum absolute atomic E-state index is 0.157. The molecule has 1 N–H and O–H groups in total. The standard InChI is InChI=1S/C18H21ClN4O4S/c1-4-20-18(24)27-28(25,26)10-8-15-12(2)21-22(3)17(15)23-9-7-13-11-14(19)5-6-16(13)23/h5-7,9,11H,4,8,10H2,1-3H3,(H,20,24). The molecule has 150 valence electrons. The van der Waals surface area contributed by atoms with E-state index in [1.165, 1.54) is 0 Å². The van der Waals surface area contributed by atoms with Crippen molar-refractivity contribution in [1.29, 1.82) is 0 Å². The van der Waals surface area contributed by atoms with E-state index in [0.717, 1.165) is 22.3 Å². The predicted molar refractivity (Wildman–Crippen MR) is 107 cm³/mol. The number of aryl methyl sites for hydroxylation is 2. The quantitative estimate of drug-likeness (QED) is 0.614. The van der Waals surface area contributed by atoms with Crippen molar-refractivity contribution in [2.24, 2.45) is 7.05 Å². The van der Waals surface area contributed by atoms with Crippen LogP contribution in [0.2, 0.25) is 5.02 Å². The van der Waals surface area contributed by atoms with Gasteiger partial charge in [0.15, 0.2) is 0 Å². The van der Waals surface area contributed by atoms with Gasteiger partial charge in [-0.05, 0) is 44.5 Å². The largest absolute Gasteiger partial charge is 0.422 e. The lowest BCUT2D eigenvalue weighted by Crippen LogP contribution is -2.28. The van der Waals surface area contributed by atoms with E-state index in [2.05, 4.69) is 14.6 Å². The Hall–Kier alpha value is -2.52. The molecule has 10 heteroatoms. The Morgan fingerprint density at radius 2 is 2.07 bits per heavy atom. The molecule has 2 heterocycles. The van der Waals surface area contributed by atoms with Crippen molar-refractivity contribution < 1.29 is 17.4 Å². The summed E-state index contributed by atoms with van der Waals surface area (Å²) in [5.74, 6) is 0.414. The summed E-state index contributed by atoms with van der Waals surface area (Å²) < 4.78 is 32.4. The normalized spacial score (nSPS) is 11.7. The molecule has 3 aromatic rings. The molecule has 28 heavy (non-hydrogen) atoms. The molecule has 2 aromatic heterocycles. The van der Waals surface area contributed by atoms with E-state index in [-0.39, 0.29) is 18.7 Å². The minimum Gasteiger partial charge on any atom is -0.328 e. The molecule has 0 aliphatic carbocycles. The van der Waals surface area contributed by atoms with Crippen LogP contribution in [0, 0.1) is 6.92 Å². The molecule has 0 saturated carbocycles. The van der Waals surface area contributed by atoms with Crippen molar-refractivity contribution in [1.82, 2.24) is 19.7 Å². The first-order valence-electron chi connectivity index (χ1n) is 8.71. The van der Waals surface area contributed by atoms with Crippen molar-refractivity contribution >= 4 is 38.7 Å². The molecule has 0 fully saturated rings. The summed E-state index contributed by atoms with van der Waals surface area (Å²) in [4.78, 5) is 11.4. The molecule has 0 atom stereocenters. The average molecular weight is 425 g/mol. The van der Waals surface area contributed by atoms with Gasteiger partial charge in [-0.1, -0.05) is 11.6 Å². The van der Waals surface area contributed by atoms with Crippen LogP contribution in [0.3, 0.4) is 0 Å². The van der Waals surface area contributed by atoms with E-state index in [4.69, 9.17) is 11.6 Å². The van der Waals surface area contributed by atoms with Crippen molar-refractivity contribution in [3.63, 3.8) is 0 Å². The number of benzene rings is 1. The van der Waals surface area contributed by atoms with Gasteiger partial charge in [0.1, 0.15) is 5.82 Å². The number of nitrogens with one attached hydrogen (secondary N) is 1. The third-order valence-corrected chi connectivity index (χ3v) is 5.66. The van der Waals surface area contributed by atoms with Gasteiger partial charge in [0.05, 0.1) is 17.0 Å². The summed E-state index contributed by atoms with van der Waals surface area (Å²) >= 11 is 6.06. The fraction of sp³-hybridized carbons (Fsp3) is 0.333. The first-order valence-corrected chi connectivity index (χ1v) is 10.7. The van der Waals surface area contributed by atoms with Crippen LogP contribution in [0.25, 0.3) is 16.7 Å². The smallest absolute Gasteiger partial charge is 0.328 e. The lowest BCUT2D eigenvalue weighted by atomic mass is 10.2. The fourth-order valence-electron chi connectivity index (χ4n) is 3.14. The maximum atomic E-state index is 12.1. The maximum absolute atomic E-state index is 12.1. The molecule has 0 saturated heterocycles. The molecule has 0 aliphatic rings. The molecule has 8 nitrogen and oxygen atoms in total. The highest BCUT2D eigenvalue weighted by atomic mass is 35.5. The van der Waals surface area contributed by atoms with E-state index in [0.29, 0.717) is 10.7 Å². The number of aromatic nitrogens is 3. The van der Waals surface area contributed by atoms with Gasteiger partial charge in [0, 0.05) is 35.8 Å². The first-order chi connectivity index (χ1) is 13.2. The Balaban J connectivity index is 1.92. The topological polar surface area (TPSA) is 95.2 Å². The molecule has 0 bridgehead atoms. The van der Waals surface area contributed by atoms with Crippen LogP contribution in [0.5, 0.6) is 0 Å². The van der Waals surface area contributed by atoms with Gasteiger partial charge in [0.25, 0.3) is 0 Å². The van der Waals surface area contributed by atoms with Gasteiger partial charge in [-0.25, -0.2) is 4.79 Å². The van der Waals surface area contributed by atoms with E-state index in [1.54, 1.807) is 24.7 Å². The second kappa shape index (κ2) is 7.84. The van der Waals surface area contributed by atoms with Crippen LogP contribution in [0.15, 0.2) is 30.5 Å². The number of halogens is 1. The molecule has 0 unspecified atom stereocenters. The van der Waals surface area contributed by atoms with Gasteiger partial charge in [-0.15, -0.1) is 0 Å². The molecular formula is C18H21ClN4O4S. The molecule has 0 radical (unpaired) electrons. The van der Waals surface area contributed by atoms with Crippen molar-refractivity contribution in [3.05, 3.63) is 46.7 Å². The van der Waals surface area contributed by atoms with E-state index < -0.39 is 16.2 Å². The van der Waals surface area contributed by atoms with Gasteiger partial charge >= 0.3 is 16.2 Å². The van der Waals surface area contributed by atoms with E-state index >= 15 is 0 Å². The van der Waals surface area contributed by atoms with Crippen LogP contribution >= 0.6 is 11.6 Å². The Kier molecular flexibility index (Phi) is 5.66. The van der Waals surface area contributed by atoms with E-state index in [1.807, 2.05) is 35.9 Å². The zero-order valence-corrected chi connectivity index (χ0v) is 17.3. The first kappa shape index (κ1) is 20.2. The summed E-state index contributed by atoms with van der Waals surface area (Å²) in [5.41, 5.74) is 2.40. The van der Waals surface area contributed by atoms with Crippen LogP contribution in [-0.2, 0) is 27.8 Å². The highest BCUT2D eigenvalue weighted by molar-refractivity contribution is 7.87. The molecule has 0 aliphatic heterocycles. The van der Waals surface area contributed by atoms with Gasteiger partial charge in [-0.2, -0.15) is 13.5 Å². The summed E-state index contributed by atoms with van der Waals surface area (Å²) in [5, 5.41) is 8.34. The molecule has 3 rings (SSSR count). The lowest BCUT2D eigenvalue weighted by Gasteiger charge is -2.10. The van der Waals surface area contributed by atoms with Gasteiger partial charge < -0.3 is 14.1 Å². The molecule has 0 spiro atoms. The maximum Gasteiger partial charge on any atom is 0.422 e. The number of amides is 1. The van der Waals surface area contributed by atoms with Crippen molar-refractivity contribution in [2.75, 3.05) is 12.3 Å². The second-order valence-corrected chi connectivity index (χ2v) is 8.44. The summed E-state index contributed by atoms with van der Waals surface area (Å²) in [6.07, 6.45) is 1.07. The monoisotopic (exact) mass is 424 g/mol. The highest BCUT2D eigenvalue weighted by Crippen LogP contribution is 2.27. The summed E-state index contributed by atoms with van der Waals surface area (Å²) in [7, 11) is -2.22. The lowest BCUT2D eigenvalue weighted by molar-refractivity contribution is 0.203. The second-order valence-electron chi connectivity index (χ2n) is 6.31. The SMILES string of the molecule is CCNC(=O)OS(=O)(=O)CCc1c(C)nn(C)c1-n1ccc2cc(Cl)ccc21. The number of hydrogen-bond acceptors (Lipinski definition) is 5. The molecular weight excluding hydrogens is 404 g/mol. The van der Waals surface area contributed by atoms with Gasteiger partial charge in [0.2, 0.25) is 0 Å². The van der Waals surface area contributed by atoms with Crippen LogP contribution < -0.4 is 5.32 Å². The molecule has 1 amide bonds. The number of carbonyl (C=O) groups excluding carboxylic acids is 1. The zero-order chi connectivity index (χ0) is 20.5. The van der Waals surface area contributed by atoms with Crippen LogP contribution in [0.1, 0.15) is 18.2 Å². The number of nitrogens with zero attached hydrogens (tertiary/aromatic N) is 3. The Labute approximate surface area is 168 Å². The fourth-order valence-corrected chi connectivity index (χ4v) is 4.15. The van der Waals surface area contributed by atoms with Gasteiger partial charge in [-0.3, -0.25) is 4.68 Å². The Morgan fingerprint density at radius 1 is 1.32 bits per heavy atom. The molecule has 1 aromatic carbocycles. The predicted octanol–water partition coefficient (Wildman–Crippen LogP) is 2.94. The van der Waals surface area contributed by atoms with Crippen LogP contribution in [-0.4, -0.2) is 41.2 Å². The Bertz CT molecular complexity index is 1130. The number of fused-ring (bicyclic) bond motifs is 1. The summed E-state index contributed by atoms with van der Waals surface area (Å²) in [6.45, 7) is 3.78. The zero-order valence-electron chi connectivity index (χ0n) is 15.8. The Morgan fingerprint density at radius 3 is 2.79 bits per heavy atom. The average Bonchev–Trinajstić information content (AvgIpc) is 3.12. The number of carbonyl (C=O) groups is 1. The number of rotatable bonds is 6.